The first-order chi connectivity index (χ1) is 14.2. The van der Waals surface area contributed by atoms with Crippen LogP contribution in [-0.4, -0.2) is 24.1 Å². The van der Waals surface area contributed by atoms with Gasteiger partial charge in [-0.25, -0.2) is 4.98 Å². The molecule has 4 rings (SSSR count). The maximum atomic E-state index is 13.3. The Morgan fingerprint density at radius 1 is 1.03 bits per heavy atom. The second-order valence-corrected chi connectivity index (χ2v) is 7.87. The summed E-state index contributed by atoms with van der Waals surface area (Å²) in [5.41, 5.74) is 1.06. The summed E-state index contributed by atoms with van der Waals surface area (Å²) < 4.78 is 12.2. The number of carbonyl (C=O) groups excluding carboxylic acids is 1. The van der Waals surface area contributed by atoms with Gasteiger partial charge in [-0.05, 0) is 42.7 Å². The number of pyridine rings is 1. The Morgan fingerprint density at radius 3 is 2.52 bits per heavy atom. The molecule has 0 radical (unpaired) electrons. The minimum Gasteiger partial charge on any atom is -0.439 e. The molecule has 2 heterocycles. The molecule has 0 bridgehead atoms. The topological polar surface area (TPSA) is 60.5 Å². The van der Waals surface area contributed by atoms with Gasteiger partial charge in [0.15, 0.2) is 0 Å². The van der Waals surface area contributed by atoms with Gasteiger partial charge < -0.3 is 14.8 Å². The molecular formula is C23H21BrN2O3. The van der Waals surface area contributed by atoms with E-state index in [1.165, 1.54) is 0 Å². The molecule has 0 spiro atoms. The van der Waals surface area contributed by atoms with Crippen molar-refractivity contribution >= 4 is 27.5 Å². The van der Waals surface area contributed by atoms with Gasteiger partial charge in [0, 0.05) is 23.8 Å². The van der Waals surface area contributed by atoms with Gasteiger partial charge in [-0.1, -0.05) is 52.3 Å². The molecule has 1 aliphatic rings. The first kappa shape index (κ1) is 19.6. The third-order valence-corrected chi connectivity index (χ3v) is 5.61. The molecule has 3 aromatic rings. The van der Waals surface area contributed by atoms with E-state index in [-0.39, 0.29) is 5.91 Å². The maximum absolute atomic E-state index is 13.3. The van der Waals surface area contributed by atoms with Crippen molar-refractivity contribution in [1.29, 1.82) is 0 Å². The monoisotopic (exact) mass is 452 g/mol. The van der Waals surface area contributed by atoms with Crippen LogP contribution in [-0.2, 0) is 14.9 Å². The van der Waals surface area contributed by atoms with Crippen molar-refractivity contribution < 1.29 is 14.3 Å². The SMILES string of the molecule is O=C(Nc1ccc(Oc2cccc(Br)c2)nc1)C1(c2ccccc2)CCOCC1. The Bertz CT molecular complexity index is 971. The van der Waals surface area contributed by atoms with Crippen LogP contribution in [0.1, 0.15) is 18.4 Å². The molecule has 1 saturated heterocycles. The molecule has 6 heteroatoms. The summed E-state index contributed by atoms with van der Waals surface area (Å²) in [6, 6.07) is 21.0. The van der Waals surface area contributed by atoms with Crippen LogP contribution >= 0.6 is 15.9 Å². The number of aromatic nitrogens is 1. The van der Waals surface area contributed by atoms with E-state index in [4.69, 9.17) is 9.47 Å². The Morgan fingerprint density at radius 2 is 1.83 bits per heavy atom. The van der Waals surface area contributed by atoms with Crippen LogP contribution in [0, 0.1) is 0 Å². The van der Waals surface area contributed by atoms with E-state index < -0.39 is 5.41 Å². The van der Waals surface area contributed by atoms with Crippen molar-refractivity contribution in [1.82, 2.24) is 4.98 Å². The van der Waals surface area contributed by atoms with Crippen LogP contribution in [0.5, 0.6) is 11.6 Å². The van der Waals surface area contributed by atoms with Crippen molar-refractivity contribution in [2.45, 2.75) is 18.3 Å². The molecular weight excluding hydrogens is 432 g/mol. The van der Waals surface area contributed by atoms with E-state index in [0.717, 1.165) is 10.0 Å². The molecule has 1 fully saturated rings. The lowest BCUT2D eigenvalue weighted by Gasteiger charge is -2.36. The number of benzene rings is 2. The highest BCUT2D eigenvalue weighted by atomic mass is 79.9. The number of halogens is 1. The number of hydrogen-bond acceptors (Lipinski definition) is 4. The Balaban J connectivity index is 1.49. The van der Waals surface area contributed by atoms with Crippen LogP contribution in [0.4, 0.5) is 5.69 Å². The van der Waals surface area contributed by atoms with Crippen LogP contribution in [0.2, 0.25) is 0 Å². The standard InChI is InChI=1S/C23H21BrN2O3/c24-18-7-4-8-20(15-18)29-21-10-9-19(16-25-21)26-22(27)23(11-13-28-14-12-23)17-5-2-1-3-6-17/h1-10,15-16H,11-14H2,(H,26,27). The predicted octanol–water partition coefficient (Wildman–Crippen LogP) is 5.32. The molecule has 0 aliphatic carbocycles. The van der Waals surface area contributed by atoms with Crippen molar-refractivity contribution in [3.8, 4) is 11.6 Å². The zero-order chi connectivity index (χ0) is 20.1. The summed E-state index contributed by atoms with van der Waals surface area (Å²) in [5.74, 6) is 1.12. The highest BCUT2D eigenvalue weighted by molar-refractivity contribution is 9.10. The molecule has 5 nitrogen and oxygen atoms in total. The zero-order valence-corrected chi connectivity index (χ0v) is 17.4. The molecule has 148 valence electrons. The fourth-order valence-corrected chi connectivity index (χ4v) is 3.92. The van der Waals surface area contributed by atoms with Crippen LogP contribution in [0.3, 0.4) is 0 Å². The zero-order valence-electron chi connectivity index (χ0n) is 15.8. The van der Waals surface area contributed by atoms with E-state index in [2.05, 4.69) is 26.2 Å². The van der Waals surface area contributed by atoms with E-state index in [1.807, 2.05) is 54.6 Å². The highest BCUT2D eigenvalue weighted by Gasteiger charge is 2.41. The number of hydrogen-bond donors (Lipinski definition) is 1. The van der Waals surface area contributed by atoms with Gasteiger partial charge in [0.2, 0.25) is 11.8 Å². The quantitative estimate of drug-likeness (QED) is 0.568. The molecule has 0 unspecified atom stereocenters. The lowest BCUT2D eigenvalue weighted by Crippen LogP contribution is -2.44. The summed E-state index contributed by atoms with van der Waals surface area (Å²) in [6.45, 7) is 1.14. The smallest absolute Gasteiger partial charge is 0.235 e. The second kappa shape index (κ2) is 8.76. The first-order valence-electron chi connectivity index (χ1n) is 9.50. The Hall–Kier alpha value is -2.70. The lowest BCUT2D eigenvalue weighted by molar-refractivity contribution is -0.125. The average Bonchev–Trinajstić information content (AvgIpc) is 2.76. The van der Waals surface area contributed by atoms with E-state index in [0.29, 0.717) is 43.4 Å². The van der Waals surface area contributed by atoms with Gasteiger partial charge in [-0.15, -0.1) is 0 Å². The first-order valence-corrected chi connectivity index (χ1v) is 10.3. The number of ether oxygens (including phenoxy) is 2. The largest absolute Gasteiger partial charge is 0.439 e. The molecule has 29 heavy (non-hydrogen) atoms. The molecule has 0 saturated carbocycles. The normalized spacial score (nSPS) is 15.5. The minimum absolute atomic E-state index is 0.0329. The number of amides is 1. The number of carbonyl (C=O) groups is 1. The van der Waals surface area contributed by atoms with E-state index in [9.17, 15) is 4.79 Å². The number of nitrogens with zero attached hydrogens (tertiary/aromatic N) is 1. The van der Waals surface area contributed by atoms with Crippen molar-refractivity contribution in [3.05, 3.63) is 83.0 Å². The summed E-state index contributed by atoms with van der Waals surface area (Å²) in [6.07, 6.45) is 2.92. The molecule has 2 aromatic carbocycles. The van der Waals surface area contributed by atoms with Gasteiger partial charge in [-0.3, -0.25) is 4.79 Å². The Kier molecular flexibility index (Phi) is 5.92. The second-order valence-electron chi connectivity index (χ2n) is 6.96. The van der Waals surface area contributed by atoms with E-state index >= 15 is 0 Å². The lowest BCUT2D eigenvalue weighted by atomic mass is 9.73. The fraction of sp³-hybridized carbons (Fsp3) is 0.217. The molecule has 0 atom stereocenters. The van der Waals surface area contributed by atoms with Gasteiger partial charge in [0.05, 0.1) is 17.3 Å². The van der Waals surface area contributed by atoms with Crippen LogP contribution in [0.15, 0.2) is 77.4 Å². The minimum atomic E-state index is -0.592. The van der Waals surface area contributed by atoms with Crippen molar-refractivity contribution in [2.24, 2.45) is 0 Å². The average molecular weight is 453 g/mol. The number of rotatable bonds is 5. The van der Waals surface area contributed by atoms with Gasteiger partial charge in [-0.2, -0.15) is 0 Å². The molecule has 1 amide bonds. The van der Waals surface area contributed by atoms with Gasteiger partial charge >= 0.3 is 0 Å². The van der Waals surface area contributed by atoms with Crippen LogP contribution in [0.25, 0.3) is 0 Å². The number of anilines is 1. The Labute approximate surface area is 178 Å². The predicted molar refractivity (Wildman–Crippen MR) is 115 cm³/mol. The number of nitrogens with one attached hydrogen (secondary N) is 1. The molecule has 1 N–H and O–H groups in total. The molecule has 1 aliphatic heterocycles. The van der Waals surface area contributed by atoms with E-state index in [1.54, 1.807) is 18.3 Å². The summed E-state index contributed by atoms with van der Waals surface area (Å²) >= 11 is 3.42. The van der Waals surface area contributed by atoms with Crippen molar-refractivity contribution in [2.75, 3.05) is 18.5 Å². The van der Waals surface area contributed by atoms with Crippen LogP contribution < -0.4 is 10.1 Å². The van der Waals surface area contributed by atoms with Gasteiger partial charge in [0.25, 0.3) is 0 Å². The summed E-state index contributed by atoms with van der Waals surface area (Å²) in [5, 5.41) is 3.03. The highest BCUT2D eigenvalue weighted by Crippen LogP contribution is 2.36. The van der Waals surface area contributed by atoms with Crippen molar-refractivity contribution in [3.63, 3.8) is 0 Å². The fourth-order valence-electron chi connectivity index (χ4n) is 3.54. The third-order valence-electron chi connectivity index (χ3n) is 5.12. The summed E-state index contributed by atoms with van der Waals surface area (Å²) in [7, 11) is 0. The van der Waals surface area contributed by atoms with Gasteiger partial charge in [0.1, 0.15) is 5.75 Å². The molecule has 1 aromatic heterocycles. The maximum Gasteiger partial charge on any atom is 0.235 e. The third kappa shape index (κ3) is 4.49. The summed E-state index contributed by atoms with van der Waals surface area (Å²) in [4.78, 5) is 17.6.